The van der Waals surface area contributed by atoms with E-state index in [4.69, 9.17) is 0 Å². The molecule has 5 nitrogen and oxygen atoms in total. The molecule has 0 aliphatic heterocycles. The van der Waals surface area contributed by atoms with Crippen molar-refractivity contribution in [1.29, 1.82) is 0 Å². The highest BCUT2D eigenvalue weighted by Crippen LogP contribution is 2.16. The van der Waals surface area contributed by atoms with Gasteiger partial charge >= 0.3 is 5.97 Å². The number of carbonyl (C=O) groups is 1. The number of esters is 1. The van der Waals surface area contributed by atoms with E-state index in [2.05, 4.69) is 9.84 Å². The molecule has 2 rings (SSSR count). The third kappa shape index (κ3) is 2.69. The molecule has 0 unspecified atom stereocenters. The Kier molecular flexibility index (Phi) is 4.16. The highest BCUT2D eigenvalue weighted by Gasteiger charge is 2.18. The summed E-state index contributed by atoms with van der Waals surface area (Å²) in [5.41, 5.74) is 0.491. The van der Waals surface area contributed by atoms with Gasteiger partial charge in [-0.05, 0) is 25.5 Å². The maximum atomic E-state index is 13.7. The second-order valence-corrected chi connectivity index (χ2v) is 4.51. The van der Waals surface area contributed by atoms with Gasteiger partial charge in [-0.2, -0.15) is 5.10 Å². The molecule has 0 N–H and O–H groups in total. The molecule has 1 aromatic heterocycles. The minimum absolute atomic E-state index is 0.305. The van der Waals surface area contributed by atoms with Crippen molar-refractivity contribution >= 4 is 5.97 Å². The van der Waals surface area contributed by atoms with Gasteiger partial charge in [0.2, 0.25) is 11.1 Å². The molecule has 21 heavy (non-hydrogen) atoms. The molecule has 0 saturated heterocycles. The summed E-state index contributed by atoms with van der Waals surface area (Å²) in [4.78, 5) is 23.8. The van der Waals surface area contributed by atoms with Gasteiger partial charge in [0.1, 0.15) is 5.82 Å². The number of benzene rings is 1. The molecule has 0 aliphatic rings. The van der Waals surface area contributed by atoms with E-state index < -0.39 is 11.4 Å². The lowest BCUT2D eigenvalue weighted by Crippen LogP contribution is -2.25. The van der Waals surface area contributed by atoms with Crippen LogP contribution in [0.4, 0.5) is 4.39 Å². The maximum Gasteiger partial charge on any atom is 0.362 e. The van der Waals surface area contributed by atoms with Crippen LogP contribution in [0.15, 0.2) is 29.2 Å². The molecule has 0 spiro atoms. The first-order valence-corrected chi connectivity index (χ1v) is 6.46. The fraction of sp³-hybridized carbons (Fsp3) is 0.267. The van der Waals surface area contributed by atoms with Gasteiger partial charge in [0.25, 0.3) is 0 Å². The third-order valence-corrected chi connectivity index (χ3v) is 3.24. The molecular formula is C15H15FN2O3. The van der Waals surface area contributed by atoms with E-state index in [-0.39, 0.29) is 11.5 Å². The fourth-order valence-corrected chi connectivity index (χ4v) is 1.99. The molecule has 0 atom stereocenters. The molecular weight excluding hydrogens is 275 g/mol. The number of nitrogens with zero attached hydrogens (tertiary/aromatic N) is 2. The van der Waals surface area contributed by atoms with Gasteiger partial charge in [-0.3, -0.25) is 4.79 Å². The first-order valence-electron chi connectivity index (χ1n) is 6.46. The Morgan fingerprint density at radius 2 is 2.14 bits per heavy atom. The topological polar surface area (TPSA) is 61.2 Å². The van der Waals surface area contributed by atoms with Crippen LogP contribution in [0.5, 0.6) is 0 Å². The molecule has 1 aromatic carbocycles. The van der Waals surface area contributed by atoms with Gasteiger partial charge in [-0.15, -0.1) is 0 Å². The minimum Gasteiger partial charge on any atom is -0.464 e. The highest BCUT2D eigenvalue weighted by atomic mass is 19.1. The van der Waals surface area contributed by atoms with Crippen LogP contribution in [0.1, 0.15) is 28.5 Å². The Hall–Kier alpha value is -2.50. The van der Waals surface area contributed by atoms with Crippen molar-refractivity contribution in [3.8, 4) is 5.69 Å². The summed E-state index contributed by atoms with van der Waals surface area (Å²) in [7, 11) is 1.18. The van der Waals surface area contributed by atoms with Crippen LogP contribution in [-0.4, -0.2) is 22.9 Å². The zero-order chi connectivity index (χ0) is 15.6. The fourth-order valence-electron chi connectivity index (χ4n) is 1.99. The molecule has 0 radical (unpaired) electrons. The smallest absolute Gasteiger partial charge is 0.362 e. The quantitative estimate of drug-likeness (QED) is 0.811. The number of ether oxygens (including phenoxy) is 1. The molecule has 6 heteroatoms. The summed E-state index contributed by atoms with van der Waals surface area (Å²) < 4.78 is 19.6. The van der Waals surface area contributed by atoms with E-state index in [0.29, 0.717) is 23.2 Å². The molecule has 110 valence electrons. The van der Waals surface area contributed by atoms with Gasteiger partial charge in [0.15, 0.2) is 0 Å². The molecule has 2 aromatic rings. The van der Waals surface area contributed by atoms with Crippen LogP contribution >= 0.6 is 0 Å². The van der Waals surface area contributed by atoms with Gasteiger partial charge in [0, 0.05) is 17.3 Å². The number of methoxy groups -OCH3 is 1. The maximum absolute atomic E-state index is 13.7. The average molecular weight is 290 g/mol. The van der Waals surface area contributed by atoms with Crippen LogP contribution in [-0.2, 0) is 11.2 Å². The first-order chi connectivity index (χ1) is 9.99. The van der Waals surface area contributed by atoms with Gasteiger partial charge < -0.3 is 4.74 Å². The van der Waals surface area contributed by atoms with E-state index in [0.717, 1.165) is 0 Å². The predicted octanol–water partition coefficient (Wildman–Crippen LogP) is 2.03. The second kappa shape index (κ2) is 5.87. The number of rotatable bonds is 3. The van der Waals surface area contributed by atoms with Crippen LogP contribution in [0, 0.1) is 12.7 Å². The molecule has 0 amide bonds. The van der Waals surface area contributed by atoms with Crippen molar-refractivity contribution in [3.05, 3.63) is 57.3 Å². The largest absolute Gasteiger partial charge is 0.464 e. The zero-order valence-corrected chi connectivity index (χ0v) is 12.0. The lowest BCUT2D eigenvalue weighted by atomic mass is 10.1. The van der Waals surface area contributed by atoms with E-state index in [9.17, 15) is 14.0 Å². The Morgan fingerprint density at radius 3 is 2.76 bits per heavy atom. The number of aromatic nitrogens is 2. The second-order valence-electron chi connectivity index (χ2n) is 4.51. The lowest BCUT2D eigenvalue weighted by Gasteiger charge is -2.12. The monoisotopic (exact) mass is 290 g/mol. The Morgan fingerprint density at radius 1 is 1.43 bits per heavy atom. The molecule has 0 bridgehead atoms. The number of hydrogen-bond donors (Lipinski definition) is 0. The predicted molar refractivity (Wildman–Crippen MR) is 75.2 cm³/mol. The summed E-state index contributed by atoms with van der Waals surface area (Å²) in [6.07, 6.45) is 1.94. The number of halogens is 1. The lowest BCUT2D eigenvalue weighted by molar-refractivity contribution is 0.0590. The van der Waals surface area contributed by atoms with E-state index in [1.807, 2.05) is 0 Å². The van der Waals surface area contributed by atoms with Crippen LogP contribution in [0.2, 0.25) is 0 Å². The van der Waals surface area contributed by atoms with Crippen molar-refractivity contribution in [2.75, 3.05) is 7.11 Å². The molecule has 0 fully saturated rings. The highest BCUT2D eigenvalue weighted by molar-refractivity contribution is 5.87. The van der Waals surface area contributed by atoms with Gasteiger partial charge in [0.05, 0.1) is 12.8 Å². The summed E-state index contributed by atoms with van der Waals surface area (Å²) in [5, 5.41) is 3.99. The van der Waals surface area contributed by atoms with Crippen molar-refractivity contribution in [1.82, 2.24) is 9.78 Å². The summed E-state index contributed by atoms with van der Waals surface area (Å²) >= 11 is 0. The van der Waals surface area contributed by atoms with Crippen LogP contribution in [0.25, 0.3) is 5.69 Å². The Labute approximate surface area is 121 Å². The summed E-state index contributed by atoms with van der Waals surface area (Å²) in [6.45, 7) is 3.40. The summed E-state index contributed by atoms with van der Waals surface area (Å²) in [6, 6.07) is 4.54. The van der Waals surface area contributed by atoms with Crippen LogP contribution < -0.4 is 5.43 Å². The van der Waals surface area contributed by atoms with Crippen molar-refractivity contribution < 1.29 is 13.9 Å². The third-order valence-electron chi connectivity index (χ3n) is 3.24. The van der Waals surface area contributed by atoms with Gasteiger partial charge in [-0.1, -0.05) is 13.0 Å². The van der Waals surface area contributed by atoms with Crippen molar-refractivity contribution in [2.45, 2.75) is 20.3 Å². The van der Waals surface area contributed by atoms with E-state index in [1.54, 1.807) is 26.0 Å². The first kappa shape index (κ1) is 14.9. The Bertz CT molecular complexity index is 753. The van der Waals surface area contributed by atoms with Gasteiger partial charge in [-0.25, -0.2) is 13.9 Å². The van der Waals surface area contributed by atoms with Crippen LogP contribution in [0.3, 0.4) is 0 Å². The SMILES string of the molecule is CCc1cn(-c2cccc(F)c2C)nc(C(=O)OC)c1=O. The van der Waals surface area contributed by atoms with E-state index in [1.165, 1.54) is 24.1 Å². The molecule has 0 saturated carbocycles. The zero-order valence-electron chi connectivity index (χ0n) is 12.0. The number of aryl methyl sites for hydroxylation is 1. The molecule has 0 aliphatic carbocycles. The normalized spacial score (nSPS) is 10.5. The summed E-state index contributed by atoms with van der Waals surface area (Å²) in [5.74, 6) is -1.19. The number of hydrogen-bond acceptors (Lipinski definition) is 4. The average Bonchev–Trinajstić information content (AvgIpc) is 2.49. The standard InChI is InChI=1S/C15H15FN2O3/c1-4-10-8-18(12-7-5-6-11(16)9(12)2)17-13(14(10)19)15(20)21-3/h5-8H,4H2,1-3H3. The van der Waals surface area contributed by atoms with Crippen molar-refractivity contribution in [3.63, 3.8) is 0 Å². The van der Waals surface area contributed by atoms with Crippen molar-refractivity contribution in [2.24, 2.45) is 0 Å². The number of carbonyl (C=O) groups excluding carboxylic acids is 1. The minimum atomic E-state index is -0.807. The van der Waals surface area contributed by atoms with E-state index >= 15 is 0 Å². The molecule has 1 heterocycles. The Balaban J connectivity index is 2.73.